The van der Waals surface area contributed by atoms with Gasteiger partial charge in [0, 0.05) is 52.4 Å². The van der Waals surface area contributed by atoms with Crippen LogP contribution in [0.4, 0.5) is 8.78 Å². The van der Waals surface area contributed by atoms with Gasteiger partial charge in [-0.05, 0) is 36.5 Å². The highest BCUT2D eigenvalue weighted by molar-refractivity contribution is 5.88. The lowest BCUT2D eigenvalue weighted by molar-refractivity contribution is -0.140. The molecule has 0 aromatic heterocycles. The van der Waals surface area contributed by atoms with Crippen molar-refractivity contribution in [1.82, 2.24) is 20.0 Å². The molecular formula is C21H28F2N4O2. The second-order valence-corrected chi connectivity index (χ2v) is 8.35. The SMILES string of the molecule is O=C1NCCN(Cc2ccc(F)c(F)c2)[C@@H]1CC(=O)N1CCN(CC2CC2)CC1. The van der Waals surface area contributed by atoms with E-state index >= 15 is 0 Å². The molecule has 0 unspecified atom stereocenters. The Hall–Kier alpha value is -2.06. The van der Waals surface area contributed by atoms with Gasteiger partial charge in [-0.15, -0.1) is 0 Å². The number of halogens is 2. The van der Waals surface area contributed by atoms with Crippen molar-refractivity contribution in [3.63, 3.8) is 0 Å². The molecular weight excluding hydrogens is 378 g/mol. The first-order valence-electron chi connectivity index (χ1n) is 10.5. The summed E-state index contributed by atoms with van der Waals surface area (Å²) in [6, 6.07) is 3.17. The average molecular weight is 406 g/mol. The van der Waals surface area contributed by atoms with E-state index in [0.29, 0.717) is 38.3 Å². The fourth-order valence-electron chi connectivity index (χ4n) is 4.19. The first kappa shape index (κ1) is 20.2. The largest absolute Gasteiger partial charge is 0.353 e. The smallest absolute Gasteiger partial charge is 0.237 e. The van der Waals surface area contributed by atoms with E-state index in [-0.39, 0.29) is 18.2 Å². The van der Waals surface area contributed by atoms with Gasteiger partial charge in [0.2, 0.25) is 11.8 Å². The predicted octanol–water partition coefficient (Wildman–Crippen LogP) is 1.21. The van der Waals surface area contributed by atoms with Gasteiger partial charge in [-0.25, -0.2) is 8.78 Å². The second kappa shape index (κ2) is 8.75. The van der Waals surface area contributed by atoms with Gasteiger partial charge in [0.1, 0.15) is 0 Å². The summed E-state index contributed by atoms with van der Waals surface area (Å²) in [6.07, 6.45) is 2.76. The Balaban J connectivity index is 1.34. The number of rotatable bonds is 6. The van der Waals surface area contributed by atoms with E-state index in [1.807, 2.05) is 9.80 Å². The fraction of sp³-hybridized carbons (Fsp3) is 0.619. The molecule has 0 bridgehead atoms. The van der Waals surface area contributed by atoms with Gasteiger partial charge >= 0.3 is 0 Å². The maximum Gasteiger partial charge on any atom is 0.237 e. The summed E-state index contributed by atoms with van der Waals surface area (Å²) in [5, 5.41) is 2.82. The summed E-state index contributed by atoms with van der Waals surface area (Å²) in [5.41, 5.74) is 0.588. The minimum Gasteiger partial charge on any atom is -0.353 e. The van der Waals surface area contributed by atoms with Crippen molar-refractivity contribution in [2.75, 3.05) is 45.8 Å². The van der Waals surface area contributed by atoms with E-state index in [9.17, 15) is 18.4 Å². The minimum absolute atomic E-state index is 0.0200. The van der Waals surface area contributed by atoms with Crippen LogP contribution in [0.15, 0.2) is 18.2 Å². The molecule has 2 aliphatic heterocycles. The summed E-state index contributed by atoms with van der Waals surface area (Å²) in [4.78, 5) is 31.4. The zero-order valence-electron chi connectivity index (χ0n) is 16.6. The molecule has 0 spiro atoms. The molecule has 3 aliphatic rings. The Kier molecular flexibility index (Phi) is 6.10. The predicted molar refractivity (Wildman–Crippen MR) is 104 cm³/mol. The Morgan fingerprint density at radius 1 is 1.07 bits per heavy atom. The summed E-state index contributed by atoms with van der Waals surface area (Å²) >= 11 is 0. The molecule has 4 rings (SSSR count). The van der Waals surface area contributed by atoms with Crippen LogP contribution in [0.1, 0.15) is 24.8 Å². The van der Waals surface area contributed by atoms with E-state index in [4.69, 9.17) is 0 Å². The molecule has 1 atom stereocenters. The monoisotopic (exact) mass is 406 g/mol. The molecule has 1 aromatic rings. The number of hydrogen-bond acceptors (Lipinski definition) is 4. The lowest BCUT2D eigenvalue weighted by Gasteiger charge is -2.38. The standard InChI is InChI=1S/C21H28F2N4O2/c22-17-4-3-16(11-18(17)23)14-27-6-5-24-21(29)19(27)12-20(28)26-9-7-25(8-10-26)13-15-1-2-15/h3-4,11,15,19H,1-2,5-10,12-14H2,(H,24,29)/t19-/m1/s1. The number of benzene rings is 1. The van der Waals surface area contributed by atoms with Crippen molar-refractivity contribution >= 4 is 11.8 Å². The molecule has 158 valence electrons. The van der Waals surface area contributed by atoms with Gasteiger partial charge in [-0.3, -0.25) is 19.4 Å². The number of amides is 2. The first-order valence-corrected chi connectivity index (χ1v) is 10.5. The Morgan fingerprint density at radius 2 is 1.83 bits per heavy atom. The summed E-state index contributed by atoms with van der Waals surface area (Å²) < 4.78 is 26.7. The van der Waals surface area contributed by atoms with Gasteiger partial charge < -0.3 is 10.2 Å². The molecule has 1 aliphatic carbocycles. The quantitative estimate of drug-likeness (QED) is 0.772. The molecule has 1 aromatic carbocycles. The van der Waals surface area contributed by atoms with Gasteiger partial charge in [0.15, 0.2) is 11.6 Å². The number of carbonyl (C=O) groups is 2. The maximum absolute atomic E-state index is 13.5. The van der Waals surface area contributed by atoms with Gasteiger partial charge in [-0.1, -0.05) is 6.07 Å². The Labute approximate surface area is 169 Å². The topological polar surface area (TPSA) is 55.9 Å². The van der Waals surface area contributed by atoms with Crippen molar-refractivity contribution < 1.29 is 18.4 Å². The fourth-order valence-corrected chi connectivity index (χ4v) is 4.19. The van der Waals surface area contributed by atoms with E-state index < -0.39 is 17.7 Å². The minimum atomic E-state index is -0.902. The zero-order chi connectivity index (χ0) is 20.4. The van der Waals surface area contributed by atoms with Crippen LogP contribution in [0.2, 0.25) is 0 Å². The van der Waals surface area contributed by atoms with Crippen LogP contribution in [0.3, 0.4) is 0 Å². The van der Waals surface area contributed by atoms with Gasteiger partial charge in [0.05, 0.1) is 12.5 Å². The van der Waals surface area contributed by atoms with Crippen LogP contribution < -0.4 is 5.32 Å². The van der Waals surface area contributed by atoms with E-state index in [0.717, 1.165) is 37.7 Å². The molecule has 1 N–H and O–H groups in total. The van der Waals surface area contributed by atoms with Crippen molar-refractivity contribution in [3.8, 4) is 0 Å². The molecule has 3 fully saturated rings. The van der Waals surface area contributed by atoms with Crippen molar-refractivity contribution in [3.05, 3.63) is 35.4 Å². The number of carbonyl (C=O) groups excluding carboxylic acids is 2. The number of hydrogen-bond donors (Lipinski definition) is 1. The molecule has 29 heavy (non-hydrogen) atoms. The third kappa shape index (κ3) is 5.11. The van der Waals surface area contributed by atoms with E-state index in [1.165, 1.54) is 18.9 Å². The van der Waals surface area contributed by atoms with Crippen LogP contribution in [0.25, 0.3) is 0 Å². The summed E-state index contributed by atoms with van der Waals surface area (Å²) in [5.74, 6) is -1.15. The molecule has 2 amide bonds. The van der Waals surface area contributed by atoms with Crippen LogP contribution >= 0.6 is 0 Å². The van der Waals surface area contributed by atoms with Crippen molar-refractivity contribution in [2.24, 2.45) is 5.92 Å². The molecule has 6 nitrogen and oxygen atoms in total. The first-order chi connectivity index (χ1) is 14.0. The van der Waals surface area contributed by atoms with Crippen LogP contribution in [0.5, 0.6) is 0 Å². The number of nitrogens with one attached hydrogen (secondary N) is 1. The van der Waals surface area contributed by atoms with Crippen molar-refractivity contribution in [2.45, 2.75) is 31.8 Å². The normalized spacial score (nSPS) is 23.9. The number of nitrogens with zero attached hydrogens (tertiary/aromatic N) is 3. The molecule has 1 saturated carbocycles. The molecule has 8 heteroatoms. The van der Waals surface area contributed by atoms with E-state index in [1.54, 1.807) is 0 Å². The molecule has 0 radical (unpaired) electrons. The van der Waals surface area contributed by atoms with Gasteiger partial charge in [0.25, 0.3) is 0 Å². The summed E-state index contributed by atoms with van der Waals surface area (Å²) in [7, 11) is 0. The average Bonchev–Trinajstić information content (AvgIpc) is 3.52. The van der Waals surface area contributed by atoms with Crippen LogP contribution in [0, 0.1) is 17.6 Å². The summed E-state index contributed by atoms with van der Waals surface area (Å²) in [6.45, 7) is 5.65. The lowest BCUT2D eigenvalue weighted by Crippen LogP contribution is -2.57. The van der Waals surface area contributed by atoms with Crippen molar-refractivity contribution in [1.29, 1.82) is 0 Å². The van der Waals surface area contributed by atoms with Gasteiger partial charge in [-0.2, -0.15) is 0 Å². The second-order valence-electron chi connectivity index (χ2n) is 8.35. The Bertz CT molecular complexity index is 763. The third-order valence-electron chi connectivity index (χ3n) is 6.12. The molecule has 2 saturated heterocycles. The Morgan fingerprint density at radius 3 is 2.52 bits per heavy atom. The van der Waals surface area contributed by atoms with Crippen LogP contribution in [-0.2, 0) is 16.1 Å². The molecule has 2 heterocycles. The number of piperazine rings is 2. The van der Waals surface area contributed by atoms with E-state index in [2.05, 4.69) is 10.2 Å². The zero-order valence-corrected chi connectivity index (χ0v) is 16.6. The highest BCUT2D eigenvalue weighted by Gasteiger charge is 2.34. The third-order valence-corrected chi connectivity index (χ3v) is 6.12. The highest BCUT2D eigenvalue weighted by atomic mass is 19.2. The highest BCUT2D eigenvalue weighted by Crippen LogP contribution is 2.30. The van der Waals surface area contributed by atoms with Crippen LogP contribution in [-0.4, -0.2) is 78.4 Å². The maximum atomic E-state index is 13.5. The lowest BCUT2D eigenvalue weighted by atomic mass is 10.1.